The molecule has 1 aromatic carbocycles. The van der Waals surface area contributed by atoms with Gasteiger partial charge in [0.15, 0.2) is 5.75 Å². The zero-order chi connectivity index (χ0) is 12.1. The quantitative estimate of drug-likeness (QED) is 0.924. The summed E-state index contributed by atoms with van der Waals surface area (Å²) < 4.78 is 29.1. The van der Waals surface area contributed by atoms with Crippen molar-refractivity contribution in [3.05, 3.63) is 22.7 Å². The van der Waals surface area contributed by atoms with Crippen LogP contribution in [-0.2, 0) is 4.79 Å². The molecule has 0 aliphatic carbocycles. The van der Waals surface area contributed by atoms with Crippen LogP contribution in [0.4, 0.5) is 14.5 Å². The second kappa shape index (κ2) is 5.79. The summed E-state index contributed by atoms with van der Waals surface area (Å²) in [6.07, 6.45) is 0.268. The van der Waals surface area contributed by atoms with Crippen LogP contribution in [0.1, 0.15) is 13.3 Å². The Labute approximate surface area is 99.9 Å². The number of ether oxygens (including phenoxy) is 1. The van der Waals surface area contributed by atoms with Crippen LogP contribution in [0, 0.1) is 0 Å². The predicted octanol–water partition coefficient (Wildman–Crippen LogP) is 3.40. The van der Waals surface area contributed by atoms with E-state index in [1.54, 1.807) is 13.0 Å². The first-order valence-corrected chi connectivity index (χ1v) is 5.36. The molecule has 16 heavy (non-hydrogen) atoms. The summed E-state index contributed by atoms with van der Waals surface area (Å²) in [5.41, 5.74) is 0.232. The van der Waals surface area contributed by atoms with Gasteiger partial charge >= 0.3 is 6.61 Å². The van der Waals surface area contributed by atoms with Gasteiger partial charge in [-0.15, -0.1) is 0 Å². The first kappa shape index (κ1) is 12.9. The highest BCUT2D eigenvalue weighted by molar-refractivity contribution is 9.10. The summed E-state index contributed by atoms with van der Waals surface area (Å²) in [6.45, 7) is -1.26. The van der Waals surface area contributed by atoms with E-state index >= 15 is 0 Å². The number of anilines is 1. The van der Waals surface area contributed by atoms with Crippen LogP contribution in [0.3, 0.4) is 0 Å². The molecule has 0 fully saturated rings. The first-order valence-electron chi connectivity index (χ1n) is 4.57. The molecule has 1 aromatic rings. The monoisotopic (exact) mass is 293 g/mol. The zero-order valence-electron chi connectivity index (χ0n) is 8.47. The Balaban J connectivity index is 2.93. The summed E-state index contributed by atoms with van der Waals surface area (Å²) in [5, 5.41) is 2.47. The molecule has 0 unspecified atom stereocenters. The second-order valence-electron chi connectivity index (χ2n) is 2.92. The number of amides is 1. The van der Waals surface area contributed by atoms with Crippen molar-refractivity contribution in [2.24, 2.45) is 0 Å². The largest absolute Gasteiger partial charge is 0.433 e. The molecule has 3 nitrogen and oxygen atoms in total. The van der Waals surface area contributed by atoms with Gasteiger partial charge in [0.2, 0.25) is 5.91 Å². The van der Waals surface area contributed by atoms with E-state index < -0.39 is 6.61 Å². The van der Waals surface area contributed by atoms with Crippen molar-refractivity contribution < 1.29 is 18.3 Å². The van der Waals surface area contributed by atoms with Crippen LogP contribution in [0.25, 0.3) is 0 Å². The highest BCUT2D eigenvalue weighted by Crippen LogP contribution is 2.29. The van der Waals surface area contributed by atoms with E-state index in [0.717, 1.165) is 0 Å². The predicted molar refractivity (Wildman–Crippen MR) is 59.7 cm³/mol. The molecule has 0 heterocycles. The molecule has 1 rings (SSSR count). The van der Waals surface area contributed by atoms with Crippen LogP contribution in [-0.4, -0.2) is 12.5 Å². The van der Waals surface area contributed by atoms with Gasteiger partial charge < -0.3 is 10.1 Å². The number of carbonyl (C=O) groups is 1. The Morgan fingerprint density at radius 2 is 2.25 bits per heavy atom. The first-order chi connectivity index (χ1) is 7.52. The molecule has 1 amide bonds. The molecule has 0 aromatic heterocycles. The molecule has 0 aliphatic rings. The number of carbonyl (C=O) groups excluding carboxylic acids is 1. The molecule has 88 valence electrons. The lowest BCUT2D eigenvalue weighted by molar-refractivity contribution is -0.116. The molecule has 0 saturated carbocycles. The van der Waals surface area contributed by atoms with Crippen molar-refractivity contribution in [3.8, 4) is 5.75 Å². The number of nitrogens with one attached hydrogen (secondary N) is 1. The highest BCUT2D eigenvalue weighted by atomic mass is 79.9. The molecule has 0 saturated heterocycles. The van der Waals surface area contributed by atoms with Crippen molar-refractivity contribution in [1.29, 1.82) is 0 Å². The molecular weight excluding hydrogens is 284 g/mol. The minimum absolute atomic E-state index is 0.0637. The standard InChI is InChI=1S/C10H10BrF2NO2/c1-2-9(15)14-7-4-3-6(11)5-8(7)16-10(12)13/h3-5,10H,2H2,1H3,(H,14,15). The molecule has 6 heteroatoms. The molecule has 0 spiro atoms. The van der Waals surface area contributed by atoms with E-state index in [2.05, 4.69) is 26.0 Å². The Hall–Kier alpha value is -1.17. The summed E-state index contributed by atoms with van der Waals surface area (Å²) >= 11 is 3.13. The lowest BCUT2D eigenvalue weighted by atomic mass is 10.3. The normalized spacial score (nSPS) is 10.3. The number of hydrogen-bond acceptors (Lipinski definition) is 2. The summed E-state index contributed by atoms with van der Waals surface area (Å²) in [5.74, 6) is -0.326. The molecule has 0 bridgehead atoms. The number of halogens is 3. The lowest BCUT2D eigenvalue weighted by Crippen LogP contribution is -2.12. The van der Waals surface area contributed by atoms with Crippen LogP contribution in [0.15, 0.2) is 22.7 Å². The Morgan fingerprint density at radius 1 is 1.56 bits per heavy atom. The maximum atomic E-state index is 12.1. The average Bonchev–Trinajstić information content (AvgIpc) is 2.21. The van der Waals surface area contributed by atoms with Gasteiger partial charge in [-0.25, -0.2) is 0 Å². The maximum Gasteiger partial charge on any atom is 0.387 e. The third-order valence-electron chi connectivity index (χ3n) is 1.75. The summed E-state index contributed by atoms with van der Waals surface area (Å²) in [7, 11) is 0. The van der Waals surface area contributed by atoms with Crippen molar-refractivity contribution in [3.63, 3.8) is 0 Å². The molecule has 0 radical (unpaired) electrons. The topological polar surface area (TPSA) is 38.3 Å². The number of alkyl halides is 2. The summed E-state index contributed by atoms with van der Waals surface area (Å²) in [6, 6.07) is 4.50. The van der Waals surface area contributed by atoms with E-state index in [0.29, 0.717) is 4.47 Å². The molecule has 1 N–H and O–H groups in total. The molecule has 0 aliphatic heterocycles. The zero-order valence-corrected chi connectivity index (χ0v) is 10.1. The van der Waals surface area contributed by atoms with E-state index in [1.807, 2.05) is 0 Å². The van der Waals surface area contributed by atoms with Crippen molar-refractivity contribution in [2.45, 2.75) is 20.0 Å². The van der Waals surface area contributed by atoms with Crippen LogP contribution < -0.4 is 10.1 Å². The Bertz CT molecular complexity index is 385. The van der Waals surface area contributed by atoms with Gasteiger partial charge in [0, 0.05) is 10.9 Å². The SMILES string of the molecule is CCC(=O)Nc1ccc(Br)cc1OC(F)F. The van der Waals surface area contributed by atoms with Crippen LogP contribution in [0.2, 0.25) is 0 Å². The molecule has 0 atom stereocenters. The van der Waals surface area contributed by atoms with Gasteiger partial charge in [0.1, 0.15) is 0 Å². The van der Waals surface area contributed by atoms with Crippen molar-refractivity contribution in [1.82, 2.24) is 0 Å². The van der Waals surface area contributed by atoms with Gasteiger partial charge in [0.25, 0.3) is 0 Å². The average molecular weight is 294 g/mol. The van der Waals surface area contributed by atoms with Crippen LogP contribution >= 0.6 is 15.9 Å². The fraction of sp³-hybridized carbons (Fsp3) is 0.300. The molecular formula is C10H10BrF2NO2. The number of hydrogen-bond donors (Lipinski definition) is 1. The van der Waals surface area contributed by atoms with E-state index in [9.17, 15) is 13.6 Å². The van der Waals surface area contributed by atoms with Gasteiger partial charge in [0.05, 0.1) is 5.69 Å². The number of rotatable bonds is 4. The summed E-state index contributed by atoms with van der Waals surface area (Å²) in [4.78, 5) is 11.1. The van der Waals surface area contributed by atoms with Crippen molar-refractivity contribution >= 4 is 27.5 Å². The smallest absolute Gasteiger partial charge is 0.387 e. The fourth-order valence-corrected chi connectivity index (χ4v) is 1.37. The minimum Gasteiger partial charge on any atom is -0.433 e. The third-order valence-corrected chi connectivity index (χ3v) is 2.25. The van der Waals surface area contributed by atoms with Crippen molar-refractivity contribution in [2.75, 3.05) is 5.32 Å². The lowest BCUT2D eigenvalue weighted by Gasteiger charge is -2.11. The fourth-order valence-electron chi connectivity index (χ4n) is 1.03. The highest BCUT2D eigenvalue weighted by Gasteiger charge is 2.11. The Kier molecular flexibility index (Phi) is 4.67. The van der Waals surface area contributed by atoms with Gasteiger partial charge in [-0.05, 0) is 18.2 Å². The number of benzene rings is 1. The van der Waals surface area contributed by atoms with E-state index in [4.69, 9.17) is 0 Å². The minimum atomic E-state index is -2.92. The van der Waals surface area contributed by atoms with Crippen LogP contribution in [0.5, 0.6) is 5.75 Å². The van der Waals surface area contributed by atoms with E-state index in [-0.39, 0.29) is 23.8 Å². The van der Waals surface area contributed by atoms with Gasteiger partial charge in [-0.3, -0.25) is 4.79 Å². The maximum absolute atomic E-state index is 12.1. The van der Waals surface area contributed by atoms with Gasteiger partial charge in [-0.1, -0.05) is 22.9 Å². The Morgan fingerprint density at radius 3 is 2.81 bits per heavy atom. The van der Waals surface area contributed by atoms with Gasteiger partial charge in [-0.2, -0.15) is 8.78 Å². The van der Waals surface area contributed by atoms with E-state index in [1.165, 1.54) is 12.1 Å². The second-order valence-corrected chi connectivity index (χ2v) is 3.84. The third kappa shape index (κ3) is 3.77.